The second-order valence-corrected chi connectivity index (χ2v) is 3.27. The van der Waals surface area contributed by atoms with Crippen molar-refractivity contribution in [3.05, 3.63) is 11.1 Å². The number of hydrogen-bond donors (Lipinski definition) is 0. The van der Waals surface area contributed by atoms with Crippen LogP contribution in [-0.2, 0) is 4.79 Å². The summed E-state index contributed by atoms with van der Waals surface area (Å²) in [6, 6.07) is 0. The molecule has 0 bridgehead atoms. The van der Waals surface area contributed by atoms with Crippen LogP contribution < -0.4 is 4.90 Å². The lowest BCUT2D eigenvalue weighted by atomic mass is 10.4. The number of amides is 1. The van der Waals surface area contributed by atoms with Crippen LogP contribution in [0.3, 0.4) is 0 Å². The smallest absolute Gasteiger partial charge is 0.241 e. The van der Waals surface area contributed by atoms with Crippen molar-refractivity contribution in [1.29, 1.82) is 0 Å². The van der Waals surface area contributed by atoms with Gasteiger partial charge in [-0.3, -0.25) is 4.79 Å². The largest absolute Gasteiger partial charge is 0.312 e. The number of aromatic nitrogens is 1. The molecule has 0 saturated carbocycles. The molecule has 1 aromatic rings. The van der Waals surface area contributed by atoms with Crippen molar-refractivity contribution in [2.24, 2.45) is 0 Å². The molecule has 3 nitrogen and oxygen atoms in total. The molecular formula is C7H9ClN2OS. The van der Waals surface area contributed by atoms with Gasteiger partial charge in [0.2, 0.25) is 5.91 Å². The molecule has 12 heavy (non-hydrogen) atoms. The van der Waals surface area contributed by atoms with Crippen LogP contribution in [0, 0.1) is 6.92 Å². The fourth-order valence-corrected chi connectivity index (χ4v) is 1.75. The molecule has 0 aliphatic rings. The highest BCUT2D eigenvalue weighted by atomic mass is 35.5. The van der Waals surface area contributed by atoms with Gasteiger partial charge in [0.05, 0.1) is 11.4 Å². The van der Waals surface area contributed by atoms with Crippen LogP contribution in [0.5, 0.6) is 0 Å². The molecule has 1 amide bonds. The topological polar surface area (TPSA) is 33.2 Å². The number of anilines is 1. The van der Waals surface area contributed by atoms with Gasteiger partial charge < -0.3 is 4.90 Å². The predicted molar refractivity (Wildman–Crippen MR) is 51.0 cm³/mol. The summed E-state index contributed by atoms with van der Waals surface area (Å²) < 4.78 is 4.06. The molecule has 0 fully saturated rings. The first-order valence-electron chi connectivity index (χ1n) is 3.40. The highest BCUT2D eigenvalue weighted by Gasteiger charge is 2.12. The molecule has 0 spiro atoms. The first-order valence-corrected chi connectivity index (χ1v) is 4.77. The van der Waals surface area contributed by atoms with E-state index in [1.54, 1.807) is 7.05 Å². The zero-order chi connectivity index (χ0) is 9.14. The van der Waals surface area contributed by atoms with Crippen LogP contribution >= 0.6 is 23.1 Å². The van der Waals surface area contributed by atoms with Gasteiger partial charge in [-0.15, -0.1) is 11.6 Å². The van der Waals surface area contributed by atoms with Crippen molar-refractivity contribution in [2.75, 3.05) is 17.8 Å². The van der Waals surface area contributed by atoms with Gasteiger partial charge in [0.1, 0.15) is 5.88 Å². The third-order valence-electron chi connectivity index (χ3n) is 1.57. The number of alkyl halides is 1. The molecule has 1 aromatic heterocycles. The number of hydrogen-bond acceptors (Lipinski definition) is 3. The minimum Gasteiger partial charge on any atom is -0.312 e. The Bertz CT molecular complexity index is 287. The standard InChI is InChI=1S/C7H9ClN2OS/c1-5-6(4-12-9-5)10(2)7(11)3-8/h4H,3H2,1-2H3. The molecule has 0 radical (unpaired) electrons. The second-order valence-electron chi connectivity index (χ2n) is 2.37. The summed E-state index contributed by atoms with van der Waals surface area (Å²) in [6.07, 6.45) is 0. The van der Waals surface area contributed by atoms with E-state index in [9.17, 15) is 4.79 Å². The number of carbonyl (C=O) groups is 1. The Balaban J connectivity index is 2.84. The molecule has 66 valence electrons. The van der Waals surface area contributed by atoms with Crippen molar-refractivity contribution in [3.63, 3.8) is 0 Å². The number of halogens is 1. The van der Waals surface area contributed by atoms with E-state index in [0.717, 1.165) is 11.4 Å². The highest BCUT2D eigenvalue weighted by Crippen LogP contribution is 2.19. The molecule has 0 aliphatic carbocycles. The van der Waals surface area contributed by atoms with E-state index in [0.29, 0.717) is 0 Å². The van der Waals surface area contributed by atoms with Crippen molar-refractivity contribution >= 4 is 34.7 Å². The van der Waals surface area contributed by atoms with Crippen LogP contribution in [0.4, 0.5) is 5.69 Å². The number of nitrogens with zero attached hydrogens (tertiary/aromatic N) is 2. The molecule has 0 N–H and O–H groups in total. The number of rotatable bonds is 2. The van der Waals surface area contributed by atoms with E-state index < -0.39 is 0 Å². The lowest BCUT2D eigenvalue weighted by Crippen LogP contribution is -2.27. The first-order chi connectivity index (χ1) is 5.66. The fraction of sp³-hybridized carbons (Fsp3) is 0.429. The summed E-state index contributed by atoms with van der Waals surface area (Å²) >= 11 is 6.74. The Morgan fingerprint density at radius 1 is 1.83 bits per heavy atom. The first kappa shape index (κ1) is 9.48. The molecule has 0 saturated heterocycles. The molecule has 0 aromatic carbocycles. The Labute approximate surface area is 80.1 Å². The molecule has 0 unspecified atom stereocenters. The SMILES string of the molecule is Cc1nscc1N(C)C(=O)CCl. The molecular weight excluding hydrogens is 196 g/mol. The van der Waals surface area contributed by atoms with Gasteiger partial charge in [0.15, 0.2) is 0 Å². The second kappa shape index (κ2) is 3.87. The van der Waals surface area contributed by atoms with Crippen LogP contribution in [0.25, 0.3) is 0 Å². The van der Waals surface area contributed by atoms with Crippen LogP contribution in [-0.4, -0.2) is 23.2 Å². The lowest BCUT2D eigenvalue weighted by Gasteiger charge is -2.13. The van der Waals surface area contributed by atoms with Crippen molar-refractivity contribution in [3.8, 4) is 0 Å². The van der Waals surface area contributed by atoms with E-state index in [1.807, 2.05) is 12.3 Å². The summed E-state index contributed by atoms with van der Waals surface area (Å²) in [5, 5.41) is 1.83. The van der Waals surface area contributed by atoms with Crippen LogP contribution in [0.15, 0.2) is 5.38 Å². The van der Waals surface area contributed by atoms with Gasteiger partial charge in [-0.25, -0.2) is 0 Å². The Morgan fingerprint density at radius 3 is 2.92 bits per heavy atom. The minimum atomic E-state index is -0.111. The minimum absolute atomic E-state index is 0.00574. The predicted octanol–water partition coefficient (Wildman–Crippen LogP) is 1.65. The summed E-state index contributed by atoms with van der Waals surface area (Å²) in [5.41, 5.74) is 1.70. The van der Waals surface area contributed by atoms with Crippen molar-refractivity contribution in [2.45, 2.75) is 6.92 Å². The Morgan fingerprint density at radius 2 is 2.50 bits per heavy atom. The van der Waals surface area contributed by atoms with Gasteiger partial charge in [-0.1, -0.05) is 0 Å². The van der Waals surface area contributed by atoms with E-state index in [4.69, 9.17) is 11.6 Å². The van der Waals surface area contributed by atoms with Crippen LogP contribution in [0.1, 0.15) is 5.69 Å². The fourth-order valence-electron chi connectivity index (χ4n) is 0.833. The monoisotopic (exact) mass is 204 g/mol. The molecule has 0 atom stereocenters. The zero-order valence-corrected chi connectivity index (χ0v) is 8.45. The average Bonchev–Trinajstić information content (AvgIpc) is 2.48. The summed E-state index contributed by atoms with van der Waals surface area (Å²) in [4.78, 5) is 12.7. The zero-order valence-electron chi connectivity index (χ0n) is 6.87. The van der Waals surface area contributed by atoms with E-state index in [1.165, 1.54) is 16.4 Å². The van der Waals surface area contributed by atoms with Crippen molar-refractivity contribution in [1.82, 2.24) is 4.37 Å². The summed E-state index contributed by atoms with van der Waals surface area (Å²) in [7, 11) is 1.70. The molecule has 0 aliphatic heterocycles. The summed E-state index contributed by atoms with van der Waals surface area (Å²) in [5.74, 6) is -0.105. The Kier molecular flexibility index (Phi) is 3.05. The van der Waals surface area contributed by atoms with Gasteiger partial charge in [0, 0.05) is 12.4 Å². The number of carbonyl (C=O) groups excluding carboxylic acids is 1. The number of aryl methyl sites for hydroxylation is 1. The summed E-state index contributed by atoms with van der Waals surface area (Å²) in [6.45, 7) is 1.86. The van der Waals surface area contributed by atoms with E-state index >= 15 is 0 Å². The van der Waals surface area contributed by atoms with Gasteiger partial charge in [0.25, 0.3) is 0 Å². The normalized spacial score (nSPS) is 9.92. The maximum atomic E-state index is 11.1. The third-order valence-corrected chi connectivity index (χ3v) is 2.51. The molecule has 1 rings (SSSR count). The van der Waals surface area contributed by atoms with Gasteiger partial charge in [-0.05, 0) is 18.5 Å². The molecule has 5 heteroatoms. The Hall–Kier alpha value is -0.610. The third kappa shape index (κ3) is 1.76. The lowest BCUT2D eigenvalue weighted by molar-refractivity contribution is -0.116. The van der Waals surface area contributed by atoms with E-state index in [2.05, 4.69) is 4.37 Å². The maximum absolute atomic E-state index is 11.1. The highest BCUT2D eigenvalue weighted by molar-refractivity contribution is 7.04. The van der Waals surface area contributed by atoms with Crippen LogP contribution in [0.2, 0.25) is 0 Å². The van der Waals surface area contributed by atoms with Crippen molar-refractivity contribution < 1.29 is 4.79 Å². The maximum Gasteiger partial charge on any atom is 0.241 e. The van der Waals surface area contributed by atoms with Gasteiger partial charge >= 0.3 is 0 Å². The quantitative estimate of drug-likeness (QED) is 0.687. The van der Waals surface area contributed by atoms with E-state index in [-0.39, 0.29) is 11.8 Å². The average molecular weight is 205 g/mol. The molecule has 1 heterocycles. The van der Waals surface area contributed by atoms with Gasteiger partial charge in [-0.2, -0.15) is 4.37 Å².